The molecule has 1 aliphatic heterocycles. The first-order valence-corrected chi connectivity index (χ1v) is 13.9. The van der Waals surface area contributed by atoms with E-state index in [2.05, 4.69) is 27.3 Å². The molecule has 2 unspecified atom stereocenters. The maximum atomic E-state index is 13.8. The van der Waals surface area contributed by atoms with Crippen LogP contribution < -0.4 is 10.6 Å². The van der Waals surface area contributed by atoms with Crippen molar-refractivity contribution in [2.75, 3.05) is 33.2 Å². The summed E-state index contributed by atoms with van der Waals surface area (Å²) in [5.41, 5.74) is 0.586. The van der Waals surface area contributed by atoms with E-state index in [0.29, 0.717) is 32.0 Å². The normalized spacial score (nSPS) is 16.1. The molecule has 1 saturated heterocycles. The van der Waals surface area contributed by atoms with Crippen molar-refractivity contribution >= 4 is 36.6 Å². The number of imidazole rings is 1. The maximum absolute atomic E-state index is 13.8. The van der Waals surface area contributed by atoms with Crippen LogP contribution in [0.4, 0.5) is 10.3 Å². The summed E-state index contributed by atoms with van der Waals surface area (Å²) in [5, 5.41) is 5.72. The molecular formula is C30H42FN7O3. The van der Waals surface area contributed by atoms with Crippen molar-refractivity contribution in [2.45, 2.75) is 59.0 Å². The molecule has 10 nitrogen and oxygen atoms in total. The van der Waals surface area contributed by atoms with Gasteiger partial charge in [0.05, 0.1) is 6.54 Å². The van der Waals surface area contributed by atoms with Crippen LogP contribution in [0, 0.1) is 11.2 Å². The highest BCUT2D eigenvalue weighted by Gasteiger charge is 2.40. The van der Waals surface area contributed by atoms with Gasteiger partial charge in [0.2, 0.25) is 17.8 Å². The zero-order valence-corrected chi connectivity index (χ0v) is 24.7. The van der Waals surface area contributed by atoms with Crippen LogP contribution in [0.3, 0.4) is 0 Å². The van der Waals surface area contributed by atoms with Gasteiger partial charge in [-0.2, -0.15) is 0 Å². The van der Waals surface area contributed by atoms with Gasteiger partial charge in [-0.3, -0.25) is 19.0 Å². The fourth-order valence-corrected chi connectivity index (χ4v) is 4.98. The van der Waals surface area contributed by atoms with Crippen LogP contribution in [0.1, 0.15) is 56.6 Å². The highest BCUT2D eigenvalue weighted by atomic mass is 19.1. The van der Waals surface area contributed by atoms with Gasteiger partial charge in [0.25, 0.3) is 5.91 Å². The minimum Gasteiger partial charge on any atom is -0.343 e. The summed E-state index contributed by atoms with van der Waals surface area (Å²) in [6, 6.07) is 5.24. The average Bonchev–Trinajstić information content (AvgIpc) is 3.56. The lowest BCUT2D eigenvalue weighted by Gasteiger charge is -2.37. The van der Waals surface area contributed by atoms with Crippen LogP contribution in [-0.4, -0.2) is 89.1 Å². The van der Waals surface area contributed by atoms with Crippen LogP contribution in [0.15, 0.2) is 41.5 Å². The molecule has 3 amide bonds. The molecule has 11 heteroatoms. The average molecular weight is 568 g/mol. The molecule has 1 aromatic carbocycles. The van der Waals surface area contributed by atoms with E-state index in [9.17, 15) is 18.8 Å². The van der Waals surface area contributed by atoms with Gasteiger partial charge in [-0.15, -0.1) is 0 Å². The fourth-order valence-electron chi connectivity index (χ4n) is 4.98. The summed E-state index contributed by atoms with van der Waals surface area (Å²) in [5.74, 6) is -0.736. The van der Waals surface area contributed by atoms with Crippen LogP contribution in [0.2, 0.25) is 0 Å². The number of nitrogens with one attached hydrogen (secondary N) is 2. The summed E-state index contributed by atoms with van der Waals surface area (Å²) in [6.45, 7) is 12.5. The number of hydrogen-bond donors (Lipinski definition) is 2. The lowest BCUT2D eigenvalue weighted by molar-refractivity contribution is -0.140. The quantitative estimate of drug-likeness (QED) is 0.383. The number of likely N-dealkylation sites (tertiary alicyclic amines) is 1. The maximum Gasteiger partial charge on any atom is 0.274 e. The molecule has 1 aromatic heterocycles. The number of nitrogens with zero attached hydrogens (tertiary/aromatic N) is 5. The van der Waals surface area contributed by atoms with Gasteiger partial charge in [0.1, 0.15) is 17.6 Å². The van der Waals surface area contributed by atoms with Gasteiger partial charge in [0, 0.05) is 38.1 Å². The lowest BCUT2D eigenvalue weighted by atomic mass is 9.85. The van der Waals surface area contributed by atoms with E-state index < -0.39 is 11.5 Å². The van der Waals surface area contributed by atoms with E-state index in [1.807, 2.05) is 27.7 Å². The highest BCUT2D eigenvalue weighted by molar-refractivity contribution is 5.93. The fraction of sp³-hybridized carbons (Fsp3) is 0.500. The standard InChI is InChI=1S/C30H42FN7O3/c1-7-15-37-20-24(34-29(37)33-6)27(40)36(17-14-21-10-12-22(31)13-11-21)19-23-9-8-16-38(23)28(41)26(30(2,3)4)35-25(39)18-32-5/h7,10-13,15,20,23,26,32H,6,8-9,14,16-19H2,1-5H3,(H,35,39)/b15-7-. The molecule has 0 spiro atoms. The van der Waals surface area contributed by atoms with Crippen LogP contribution in [-0.2, 0) is 16.0 Å². The predicted molar refractivity (Wildman–Crippen MR) is 158 cm³/mol. The van der Waals surface area contributed by atoms with Gasteiger partial charge in [-0.25, -0.2) is 14.4 Å². The van der Waals surface area contributed by atoms with E-state index >= 15 is 0 Å². The Balaban J connectivity index is 1.87. The Morgan fingerprint density at radius 3 is 2.59 bits per heavy atom. The van der Waals surface area contributed by atoms with Crippen molar-refractivity contribution in [3.05, 3.63) is 53.6 Å². The molecule has 2 aromatic rings. The molecule has 2 N–H and O–H groups in total. The van der Waals surface area contributed by atoms with E-state index in [1.54, 1.807) is 52.0 Å². The molecule has 222 valence electrons. The van der Waals surface area contributed by atoms with Crippen LogP contribution >= 0.6 is 0 Å². The molecule has 2 atom stereocenters. The molecule has 0 radical (unpaired) electrons. The number of allylic oxidation sites excluding steroid dienone is 1. The first-order valence-electron chi connectivity index (χ1n) is 13.9. The number of halogens is 1. The number of aromatic nitrogens is 2. The zero-order chi connectivity index (χ0) is 30.2. The Morgan fingerprint density at radius 1 is 1.27 bits per heavy atom. The Kier molecular flexibility index (Phi) is 10.9. The van der Waals surface area contributed by atoms with E-state index in [1.165, 1.54) is 12.1 Å². The first-order chi connectivity index (χ1) is 19.5. The summed E-state index contributed by atoms with van der Waals surface area (Å²) in [7, 11) is 1.68. The second-order valence-electron chi connectivity index (χ2n) is 11.3. The molecule has 0 saturated carbocycles. The van der Waals surface area contributed by atoms with Crippen molar-refractivity contribution in [1.82, 2.24) is 30.0 Å². The number of hydrogen-bond acceptors (Lipinski definition) is 6. The molecule has 0 bridgehead atoms. The van der Waals surface area contributed by atoms with Gasteiger partial charge < -0.3 is 20.4 Å². The van der Waals surface area contributed by atoms with E-state index in [4.69, 9.17) is 0 Å². The molecule has 1 fully saturated rings. The van der Waals surface area contributed by atoms with Crippen molar-refractivity contribution in [3.8, 4) is 0 Å². The Bertz CT molecular complexity index is 1250. The first kappa shape index (κ1) is 31.7. The molecule has 1 aliphatic rings. The van der Waals surface area contributed by atoms with Crippen LogP contribution in [0.25, 0.3) is 6.20 Å². The van der Waals surface area contributed by atoms with Crippen molar-refractivity contribution in [2.24, 2.45) is 10.4 Å². The number of benzene rings is 1. The summed E-state index contributed by atoms with van der Waals surface area (Å²) in [6.07, 6.45) is 7.17. The van der Waals surface area contributed by atoms with Gasteiger partial charge >= 0.3 is 0 Å². The van der Waals surface area contributed by atoms with Gasteiger partial charge in [-0.05, 0) is 63.1 Å². The number of aliphatic imine (C=N–C) groups is 1. The Hall–Kier alpha value is -3.86. The largest absolute Gasteiger partial charge is 0.343 e. The number of carbonyl (C=O) groups excluding carboxylic acids is 3. The Morgan fingerprint density at radius 2 is 1.98 bits per heavy atom. The molecule has 41 heavy (non-hydrogen) atoms. The number of rotatable bonds is 12. The third kappa shape index (κ3) is 8.32. The van der Waals surface area contributed by atoms with Crippen molar-refractivity contribution in [3.63, 3.8) is 0 Å². The third-order valence-corrected chi connectivity index (χ3v) is 7.10. The predicted octanol–water partition coefficient (Wildman–Crippen LogP) is 3.27. The summed E-state index contributed by atoms with van der Waals surface area (Å²) in [4.78, 5) is 51.9. The zero-order valence-electron chi connectivity index (χ0n) is 24.7. The third-order valence-electron chi connectivity index (χ3n) is 7.10. The lowest BCUT2D eigenvalue weighted by Crippen LogP contribution is -2.58. The molecule has 0 aliphatic carbocycles. The smallest absolute Gasteiger partial charge is 0.274 e. The van der Waals surface area contributed by atoms with Gasteiger partial charge in [-0.1, -0.05) is 39.0 Å². The SMILES string of the molecule is C=Nc1nc(C(=O)N(CCc2ccc(F)cc2)CC2CCCN2C(=O)C(NC(=O)CNC)C(C)(C)C)cn1/C=C\C. The van der Waals surface area contributed by atoms with Gasteiger partial charge in [0.15, 0.2) is 0 Å². The highest BCUT2D eigenvalue weighted by Crippen LogP contribution is 2.27. The summed E-state index contributed by atoms with van der Waals surface area (Å²) >= 11 is 0. The molecule has 2 heterocycles. The minimum absolute atomic E-state index is 0.108. The van der Waals surface area contributed by atoms with E-state index in [0.717, 1.165) is 18.4 Å². The number of amides is 3. The minimum atomic E-state index is -0.718. The second kappa shape index (κ2) is 14.2. The molecule has 3 rings (SSSR count). The topological polar surface area (TPSA) is 112 Å². The van der Waals surface area contributed by atoms with E-state index in [-0.39, 0.29) is 41.8 Å². The Labute approximate surface area is 241 Å². The summed E-state index contributed by atoms with van der Waals surface area (Å²) < 4.78 is 15.1. The monoisotopic (exact) mass is 567 g/mol. The number of carbonyl (C=O) groups is 3. The van der Waals surface area contributed by atoms with Crippen LogP contribution in [0.5, 0.6) is 0 Å². The second-order valence-corrected chi connectivity index (χ2v) is 11.3. The van der Waals surface area contributed by atoms with Crippen molar-refractivity contribution in [1.29, 1.82) is 0 Å². The molecular weight excluding hydrogens is 525 g/mol. The van der Waals surface area contributed by atoms with Crippen molar-refractivity contribution < 1.29 is 18.8 Å². The number of likely N-dealkylation sites (N-methyl/N-ethyl adjacent to an activating group) is 1.